The van der Waals surface area contributed by atoms with Gasteiger partial charge in [0.15, 0.2) is 0 Å². The Balaban J connectivity index is 1.02. The van der Waals surface area contributed by atoms with Gasteiger partial charge < -0.3 is 4.42 Å². The van der Waals surface area contributed by atoms with Crippen molar-refractivity contribution in [1.29, 1.82) is 0 Å². The lowest BCUT2D eigenvalue weighted by atomic mass is 9.84. The van der Waals surface area contributed by atoms with Crippen molar-refractivity contribution in [2.45, 2.75) is 0 Å². The predicted octanol–water partition coefficient (Wildman–Crippen LogP) is 15.6. The zero-order valence-corrected chi connectivity index (χ0v) is 30.0. The van der Waals surface area contributed by atoms with Crippen LogP contribution in [0.5, 0.6) is 0 Å². The molecule has 0 saturated carbocycles. The Kier molecular flexibility index (Phi) is 6.28. The second-order valence-corrected chi connectivity index (χ2v) is 15.4. The van der Waals surface area contributed by atoms with Gasteiger partial charge in [0.1, 0.15) is 11.2 Å². The number of benzene rings is 10. The summed E-state index contributed by atoms with van der Waals surface area (Å²) in [5.41, 5.74) is 9.29. The lowest BCUT2D eigenvalue weighted by Crippen LogP contribution is -1.91. The van der Waals surface area contributed by atoms with Crippen molar-refractivity contribution in [3.8, 4) is 33.4 Å². The van der Waals surface area contributed by atoms with Gasteiger partial charge in [-0.3, -0.25) is 0 Å². The number of furan rings is 1. The van der Waals surface area contributed by atoms with Crippen LogP contribution >= 0.6 is 11.3 Å². The molecule has 0 saturated heterocycles. The van der Waals surface area contributed by atoms with Gasteiger partial charge in [0.25, 0.3) is 0 Å². The minimum Gasteiger partial charge on any atom is -0.455 e. The molecule has 0 amide bonds. The van der Waals surface area contributed by atoms with Crippen LogP contribution in [0.4, 0.5) is 0 Å². The van der Waals surface area contributed by atoms with Gasteiger partial charge in [-0.2, -0.15) is 0 Å². The summed E-state index contributed by atoms with van der Waals surface area (Å²) in [7, 11) is 0. The molecule has 2 aromatic heterocycles. The van der Waals surface area contributed by atoms with Crippen LogP contribution in [-0.2, 0) is 0 Å². The highest BCUT2D eigenvalue weighted by Gasteiger charge is 2.19. The largest absolute Gasteiger partial charge is 0.455 e. The summed E-state index contributed by atoms with van der Waals surface area (Å²) >= 11 is 1.85. The van der Waals surface area contributed by atoms with Gasteiger partial charge in [0.05, 0.1) is 0 Å². The molecular weight excluding hydrogens is 673 g/mol. The molecule has 0 bridgehead atoms. The molecule has 0 aliphatic heterocycles. The first-order valence-electron chi connectivity index (χ1n) is 18.5. The quantitative estimate of drug-likeness (QED) is 0.167. The third kappa shape index (κ3) is 4.26. The SMILES string of the molecule is c1ccc2c(-c3c4ccccc4c(-c4ccc(-c5ccc6ccc7c(oc8ccc9sc%10ccccc%10c9c87)c6c5)cc4)c4ccccc34)cccc2c1. The molecule has 2 heterocycles. The zero-order chi connectivity index (χ0) is 35.3. The van der Waals surface area contributed by atoms with Gasteiger partial charge in [0.2, 0.25) is 0 Å². The maximum Gasteiger partial charge on any atom is 0.143 e. The molecule has 1 nitrogen and oxygen atoms in total. The fourth-order valence-electron chi connectivity index (χ4n) is 9.04. The van der Waals surface area contributed by atoms with Gasteiger partial charge in [-0.1, -0.05) is 152 Å². The maximum atomic E-state index is 6.71. The van der Waals surface area contributed by atoms with E-state index in [0.717, 1.165) is 16.6 Å². The minimum atomic E-state index is 0.939. The average molecular weight is 703 g/mol. The molecule has 0 fully saturated rings. The first-order valence-corrected chi connectivity index (χ1v) is 19.3. The molecule has 0 radical (unpaired) electrons. The molecule has 54 heavy (non-hydrogen) atoms. The third-order valence-corrected chi connectivity index (χ3v) is 12.6. The van der Waals surface area contributed by atoms with E-state index in [9.17, 15) is 0 Å². The lowest BCUT2D eigenvalue weighted by Gasteiger charge is -2.19. The van der Waals surface area contributed by atoms with Crippen molar-refractivity contribution >= 4 is 96.5 Å². The fourth-order valence-corrected chi connectivity index (χ4v) is 10.2. The summed E-state index contributed by atoms with van der Waals surface area (Å²) in [6, 6.07) is 66.7. The second kappa shape index (κ2) is 11.4. The highest BCUT2D eigenvalue weighted by molar-refractivity contribution is 7.26. The van der Waals surface area contributed by atoms with Crippen molar-refractivity contribution in [2.24, 2.45) is 0 Å². The molecule has 2 heteroatoms. The Labute approximate surface area is 314 Å². The second-order valence-electron chi connectivity index (χ2n) is 14.3. The van der Waals surface area contributed by atoms with E-state index in [1.54, 1.807) is 0 Å². The van der Waals surface area contributed by atoms with Gasteiger partial charge in [-0.25, -0.2) is 0 Å². The first kappa shape index (κ1) is 29.8. The Hall–Kier alpha value is -6.74. The van der Waals surface area contributed by atoms with Crippen LogP contribution in [-0.4, -0.2) is 0 Å². The van der Waals surface area contributed by atoms with E-state index >= 15 is 0 Å². The average Bonchev–Trinajstić information content (AvgIpc) is 3.81. The maximum absolute atomic E-state index is 6.71. The topological polar surface area (TPSA) is 13.1 Å². The van der Waals surface area contributed by atoms with E-state index < -0.39 is 0 Å². The fraction of sp³-hybridized carbons (Fsp3) is 0. The first-order chi connectivity index (χ1) is 26.8. The summed E-state index contributed by atoms with van der Waals surface area (Å²) in [4.78, 5) is 0. The Bertz CT molecular complexity index is 3430. The molecule has 12 rings (SSSR count). The van der Waals surface area contributed by atoms with E-state index in [4.69, 9.17) is 4.42 Å². The van der Waals surface area contributed by atoms with Crippen LogP contribution in [0.3, 0.4) is 0 Å². The molecule has 10 aromatic carbocycles. The lowest BCUT2D eigenvalue weighted by molar-refractivity contribution is 0.673. The van der Waals surface area contributed by atoms with Gasteiger partial charge in [0, 0.05) is 36.3 Å². The van der Waals surface area contributed by atoms with Crippen molar-refractivity contribution < 1.29 is 4.42 Å². The number of hydrogen-bond acceptors (Lipinski definition) is 2. The monoisotopic (exact) mass is 702 g/mol. The summed E-state index contributed by atoms with van der Waals surface area (Å²) < 4.78 is 9.32. The highest BCUT2D eigenvalue weighted by atomic mass is 32.1. The summed E-state index contributed by atoms with van der Waals surface area (Å²) in [6.45, 7) is 0. The van der Waals surface area contributed by atoms with Crippen LogP contribution in [0.1, 0.15) is 0 Å². The van der Waals surface area contributed by atoms with Gasteiger partial charge in [-0.15, -0.1) is 11.3 Å². The summed E-state index contributed by atoms with van der Waals surface area (Å²) in [5.74, 6) is 0. The van der Waals surface area contributed by atoms with Crippen molar-refractivity contribution in [3.63, 3.8) is 0 Å². The molecule has 0 aliphatic carbocycles. The Morgan fingerprint density at radius 2 is 0.926 bits per heavy atom. The summed E-state index contributed by atoms with van der Waals surface area (Å²) in [6.07, 6.45) is 0. The molecule has 0 N–H and O–H groups in total. The molecule has 0 spiro atoms. The van der Waals surface area contributed by atoms with E-state index in [-0.39, 0.29) is 0 Å². The molecule has 0 unspecified atom stereocenters. The number of hydrogen-bond donors (Lipinski definition) is 0. The van der Waals surface area contributed by atoms with E-state index in [2.05, 4.69) is 182 Å². The van der Waals surface area contributed by atoms with Crippen molar-refractivity contribution in [1.82, 2.24) is 0 Å². The predicted molar refractivity (Wildman–Crippen MR) is 233 cm³/mol. The minimum absolute atomic E-state index is 0.939. The van der Waals surface area contributed by atoms with Crippen LogP contribution in [0, 0.1) is 0 Å². The van der Waals surface area contributed by atoms with E-state index in [1.807, 2.05) is 11.3 Å². The van der Waals surface area contributed by atoms with Crippen molar-refractivity contribution in [3.05, 3.63) is 182 Å². The Morgan fingerprint density at radius 3 is 1.70 bits per heavy atom. The number of fused-ring (bicyclic) bond motifs is 12. The Morgan fingerprint density at radius 1 is 0.333 bits per heavy atom. The summed E-state index contributed by atoms with van der Waals surface area (Å²) in [5, 5.41) is 14.9. The van der Waals surface area contributed by atoms with Crippen LogP contribution in [0.15, 0.2) is 186 Å². The van der Waals surface area contributed by atoms with Crippen molar-refractivity contribution in [2.75, 3.05) is 0 Å². The number of thiophene rings is 1. The molecule has 250 valence electrons. The molecular formula is C52H30OS. The molecule has 0 atom stereocenters. The smallest absolute Gasteiger partial charge is 0.143 e. The van der Waals surface area contributed by atoms with E-state index in [1.165, 1.54) is 102 Å². The van der Waals surface area contributed by atoms with Crippen LogP contribution < -0.4 is 0 Å². The third-order valence-electron chi connectivity index (χ3n) is 11.5. The van der Waals surface area contributed by atoms with E-state index in [0.29, 0.717) is 0 Å². The van der Waals surface area contributed by atoms with Crippen LogP contribution in [0.25, 0.3) is 119 Å². The normalized spacial score (nSPS) is 12.1. The molecule has 12 aromatic rings. The standard InChI is InChI=1S/C52H30OS/c1-2-12-36-32(10-1)11-9-18-37(36)49-40-15-5-3-13-38(40)48(39-14-4-6-16-41(39)49)34-23-20-31(21-24-34)35-25-22-33-26-27-43-50-45(53-52(43)44(33)30-35)28-29-47-51(50)42-17-7-8-19-46(42)54-47/h1-30H. The van der Waals surface area contributed by atoms with Gasteiger partial charge in [-0.05, 0) is 101 Å². The van der Waals surface area contributed by atoms with Crippen LogP contribution in [0.2, 0.25) is 0 Å². The zero-order valence-electron chi connectivity index (χ0n) is 29.1. The highest BCUT2D eigenvalue weighted by Crippen LogP contribution is 2.47. The van der Waals surface area contributed by atoms with Gasteiger partial charge >= 0.3 is 0 Å². The molecule has 0 aliphatic rings. The number of rotatable bonds is 3.